The van der Waals surface area contributed by atoms with Crippen molar-refractivity contribution in [3.05, 3.63) is 54.6 Å². The quantitative estimate of drug-likeness (QED) is 0.741. The number of nitrogens with zero attached hydrogens (tertiary/aromatic N) is 4. The number of amides is 1. The van der Waals surface area contributed by atoms with Crippen LogP contribution in [0.2, 0.25) is 0 Å². The molecule has 0 aromatic carbocycles. The molecule has 6 nitrogen and oxygen atoms in total. The van der Waals surface area contributed by atoms with E-state index in [0.29, 0.717) is 12.3 Å². The van der Waals surface area contributed by atoms with E-state index >= 15 is 0 Å². The molecule has 1 saturated heterocycles. The van der Waals surface area contributed by atoms with Crippen molar-refractivity contribution in [3.63, 3.8) is 0 Å². The fraction of sp³-hybridized carbons (Fsp3) is 0.409. The van der Waals surface area contributed by atoms with E-state index in [2.05, 4.69) is 46.0 Å². The molecule has 4 rings (SSSR count). The minimum absolute atomic E-state index is 0.232. The molecular formula is C22H27N5O. The van der Waals surface area contributed by atoms with Gasteiger partial charge in [0.2, 0.25) is 5.91 Å². The van der Waals surface area contributed by atoms with E-state index < -0.39 is 0 Å². The van der Waals surface area contributed by atoms with Gasteiger partial charge in [0.25, 0.3) is 0 Å². The molecule has 2 unspecified atom stereocenters. The van der Waals surface area contributed by atoms with Gasteiger partial charge < -0.3 is 14.8 Å². The highest BCUT2D eigenvalue weighted by Crippen LogP contribution is 2.30. The van der Waals surface area contributed by atoms with Crippen LogP contribution in [-0.4, -0.2) is 51.9 Å². The SMILES string of the molecule is CC1CCN(C(=O)CCc2cccnc2)CC1N(C)c1ccnc2[nH]ccc12. The first-order chi connectivity index (χ1) is 13.6. The molecule has 28 heavy (non-hydrogen) atoms. The Morgan fingerprint density at radius 2 is 2.21 bits per heavy atom. The molecule has 1 N–H and O–H groups in total. The van der Waals surface area contributed by atoms with E-state index in [9.17, 15) is 4.79 Å². The van der Waals surface area contributed by atoms with Crippen molar-refractivity contribution in [2.75, 3.05) is 25.0 Å². The van der Waals surface area contributed by atoms with Gasteiger partial charge in [-0.05, 0) is 42.5 Å². The van der Waals surface area contributed by atoms with Gasteiger partial charge >= 0.3 is 0 Å². The third kappa shape index (κ3) is 3.72. The number of hydrogen-bond donors (Lipinski definition) is 1. The number of likely N-dealkylation sites (N-methyl/N-ethyl adjacent to an activating group) is 1. The van der Waals surface area contributed by atoms with Crippen LogP contribution in [0.25, 0.3) is 11.0 Å². The Labute approximate surface area is 165 Å². The van der Waals surface area contributed by atoms with Crippen molar-refractivity contribution in [3.8, 4) is 0 Å². The van der Waals surface area contributed by atoms with E-state index in [1.807, 2.05) is 35.6 Å². The summed E-state index contributed by atoms with van der Waals surface area (Å²) < 4.78 is 0. The number of fused-ring (bicyclic) bond motifs is 1. The summed E-state index contributed by atoms with van der Waals surface area (Å²) in [7, 11) is 2.13. The molecule has 1 fully saturated rings. The number of carbonyl (C=O) groups excluding carboxylic acids is 1. The van der Waals surface area contributed by atoms with Crippen molar-refractivity contribution in [2.24, 2.45) is 5.92 Å². The average molecular weight is 377 g/mol. The lowest BCUT2D eigenvalue weighted by atomic mass is 9.91. The number of aromatic amines is 1. The van der Waals surface area contributed by atoms with Gasteiger partial charge in [0.05, 0.1) is 0 Å². The molecule has 0 saturated carbocycles. The monoisotopic (exact) mass is 377 g/mol. The van der Waals surface area contributed by atoms with Gasteiger partial charge in [-0.1, -0.05) is 13.0 Å². The number of piperidine rings is 1. The average Bonchev–Trinajstić information content (AvgIpc) is 3.21. The van der Waals surface area contributed by atoms with E-state index in [-0.39, 0.29) is 11.9 Å². The highest BCUT2D eigenvalue weighted by atomic mass is 16.2. The predicted molar refractivity (Wildman–Crippen MR) is 111 cm³/mol. The van der Waals surface area contributed by atoms with E-state index in [4.69, 9.17) is 0 Å². The van der Waals surface area contributed by atoms with E-state index in [1.54, 1.807) is 6.20 Å². The zero-order valence-corrected chi connectivity index (χ0v) is 16.5. The first kappa shape index (κ1) is 18.5. The summed E-state index contributed by atoms with van der Waals surface area (Å²) in [6.07, 6.45) is 9.67. The number of likely N-dealkylation sites (tertiary alicyclic amines) is 1. The number of hydrogen-bond acceptors (Lipinski definition) is 4. The zero-order valence-electron chi connectivity index (χ0n) is 16.5. The second-order valence-electron chi connectivity index (χ2n) is 7.72. The smallest absolute Gasteiger partial charge is 0.222 e. The molecule has 6 heteroatoms. The van der Waals surface area contributed by atoms with Crippen LogP contribution >= 0.6 is 0 Å². The summed E-state index contributed by atoms with van der Waals surface area (Å²) in [6, 6.07) is 8.37. The topological polar surface area (TPSA) is 65.1 Å². The van der Waals surface area contributed by atoms with Crippen LogP contribution in [-0.2, 0) is 11.2 Å². The number of aryl methyl sites for hydroxylation is 1. The Morgan fingerprint density at radius 1 is 1.32 bits per heavy atom. The third-order valence-electron chi connectivity index (χ3n) is 5.94. The first-order valence-corrected chi connectivity index (χ1v) is 9.95. The van der Waals surface area contributed by atoms with Gasteiger partial charge in [0.1, 0.15) is 5.65 Å². The molecule has 1 aliphatic rings. The third-order valence-corrected chi connectivity index (χ3v) is 5.94. The van der Waals surface area contributed by atoms with Gasteiger partial charge in [-0.25, -0.2) is 4.98 Å². The van der Waals surface area contributed by atoms with Gasteiger partial charge in [-0.3, -0.25) is 9.78 Å². The Balaban J connectivity index is 1.45. The fourth-order valence-corrected chi connectivity index (χ4v) is 4.17. The molecule has 2 atom stereocenters. The van der Waals surface area contributed by atoms with Crippen LogP contribution in [0, 0.1) is 5.92 Å². The summed E-state index contributed by atoms with van der Waals surface area (Å²) in [5, 5.41) is 1.12. The fourth-order valence-electron chi connectivity index (χ4n) is 4.17. The maximum Gasteiger partial charge on any atom is 0.222 e. The lowest BCUT2D eigenvalue weighted by Gasteiger charge is -2.42. The standard InChI is InChI=1S/C22H27N5O/c1-16-9-13-27(21(28)6-5-17-4-3-10-23-14-17)15-20(16)26(2)19-8-12-25-22-18(19)7-11-24-22/h3-4,7-8,10-12,14,16,20H,5-6,9,13,15H2,1-2H3,(H,24,25). The molecule has 4 heterocycles. The first-order valence-electron chi connectivity index (χ1n) is 9.95. The Bertz CT molecular complexity index is 938. The largest absolute Gasteiger partial charge is 0.369 e. The second kappa shape index (κ2) is 8.00. The van der Waals surface area contributed by atoms with Gasteiger partial charge in [0, 0.05) is 68.5 Å². The lowest BCUT2D eigenvalue weighted by molar-refractivity contribution is -0.132. The molecule has 3 aromatic rings. The highest BCUT2D eigenvalue weighted by Gasteiger charge is 2.32. The van der Waals surface area contributed by atoms with Crippen LogP contribution in [0.1, 0.15) is 25.3 Å². The van der Waals surface area contributed by atoms with Crippen LogP contribution in [0.3, 0.4) is 0 Å². The minimum Gasteiger partial charge on any atom is -0.369 e. The van der Waals surface area contributed by atoms with Crippen LogP contribution in [0.15, 0.2) is 49.1 Å². The molecule has 146 valence electrons. The molecule has 1 aliphatic heterocycles. The number of carbonyl (C=O) groups is 1. The summed E-state index contributed by atoms with van der Waals surface area (Å²) in [5.41, 5.74) is 3.17. The number of anilines is 1. The van der Waals surface area contributed by atoms with Gasteiger partial charge in [0.15, 0.2) is 0 Å². The van der Waals surface area contributed by atoms with Crippen LogP contribution < -0.4 is 4.90 Å². The predicted octanol–water partition coefficient (Wildman–Crippen LogP) is 3.26. The Morgan fingerprint density at radius 3 is 3.04 bits per heavy atom. The number of nitrogens with one attached hydrogen (secondary N) is 1. The summed E-state index contributed by atoms with van der Waals surface area (Å²) in [5.74, 6) is 0.755. The molecule has 1 amide bonds. The van der Waals surface area contributed by atoms with Gasteiger partial charge in [-0.15, -0.1) is 0 Å². The molecule has 3 aromatic heterocycles. The lowest BCUT2D eigenvalue weighted by Crippen LogP contribution is -2.52. The summed E-state index contributed by atoms with van der Waals surface area (Å²) >= 11 is 0. The normalized spacial score (nSPS) is 19.7. The molecule has 0 bridgehead atoms. The second-order valence-corrected chi connectivity index (χ2v) is 7.72. The Kier molecular flexibility index (Phi) is 5.28. The van der Waals surface area contributed by atoms with Crippen molar-refractivity contribution in [1.29, 1.82) is 0 Å². The summed E-state index contributed by atoms with van der Waals surface area (Å²) in [4.78, 5) is 28.9. The zero-order chi connectivity index (χ0) is 19.5. The number of pyridine rings is 2. The van der Waals surface area contributed by atoms with Crippen molar-refractivity contribution in [2.45, 2.75) is 32.2 Å². The van der Waals surface area contributed by atoms with E-state index in [1.165, 1.54) is 0 Å². The van der Waals surface area contributed by atoms with Crippen molar-refractivity contribution in [1.82, 2.24) is 19.9 Å². The van der Waals surface area contributed by atoms with Crippen molar-refractivity contribution >= 4 is 22.6 Å². The number of aromatic nitrogens is 3. The molecule has 0 aliphatic carbocycles. The van der Waals surface area contributed by atoms with E-state index in [0.717, 1.165) is 48.2 Å². The van der Waals surface area contributed by atoms with Crippen LogP contribution in [0.4, 0.5) is 5.69 Å². The van der Waals surface area contributed by atoms with Gasteiger partial charge in [-0.2, -0.15) is 0 Å². The summed E-state index contributed by atoms with van der Waals surface area (Å²) in [6.45, 7) is 3.89. The Hall–Kier alpha value is -2.89. The maximum atomic E-state index is 12.8. The maximum absolute atomic E-state index is 12.8. The minimum atomic E-state index is 0.232. The molecule has 0 radical (unpaired) electrons. The molecule has 0 spiro atoms. The number of rotatable bonds is 5. The number of H-pyrrole nitrogens is 1. The highest BCUT2D eigenvalue weighted by molar-refractivity contribution is 5.89. The molecular weight excluding hydrogens is 350 g/mol. The van der Waals surface area contributed by atoms with Crippen LogP contribution in [0.5, 0.6) is 0 Å². The van der Waals surface area contributed by atoms with Crippen molar-refractivity contribution < 1.29 is 4.79 Å².